The summed E-state index contributed by atoms with van der Waals surface area (Å²) in [7, 11) is 2.08. The molecule has 0 spiro atoms. The minimum atomic E-state index is 0.481. The van der Waals surface area contributed by atoms with Gasteiger partial charge in [-0.25, -0.2) is 4.98 Å². The maximum atomic E-state index is 4.64. The van der Waals surface area contributed by atoms with Crippen LogP contribution in [0.25, 0.3) is 0 Å². The fourth-order valence-electron chi connectivity index (χ4n) is 4.06. The summed E-state index contributed by atoms with van der Waals surface area (Å²) in [5, 5.41) is 13.6. The van der Waals surface area contributed by atoms with Crippen molar-refractivity contribution in [1.29, 1.82) is 0 Å². The summed E-state index contributed by atoms with van der Waals surface area (Å²) in [4.78, 5) is 6.64. The zero-order valence-electron chi connectivity index (χ0n) is 17.1. The number of hydrogen-bond acceptors (Lipinski definition) is 5. The first kappa shape index (κ1) is 18.9. The van der Waals surface area contributed by atoms with Crippen LogP contribution in [-0.4, -0.2) is 52.1 Å². The molecular weight excluding hydrogens is 352 g/mol. The molecule has 150 valence electrons. The standard InChI is InChI=1S/C20H30N8/c1-4-8-28-13-18(16(2)24-28)12-26-9-5-17(6-10-26)20-23-22-19(25(20)3)14-27-11-7-21-15-27/h7,11,13,15,17H,4-6,8-10,12,14H2,1-3H3. The van der Waals surface area contributed by atoms with E-state index in [0.717, 1.165) is 62.8 Å². The highest BCUT2D eigenvalue weighted by Gasteiger charge is 2.25. The van der Waals surface area contributed by atoms with Crippen LogP contribution in [-0.2, 0) is 26.7 Å². The summed E-state index contributed by atoms with van der Waals surface area (Å²) in [6, 6.07) is 0. The Hall–Kier alpha value is -2.48. The van der Waals surface area contributed by atoms with Crippen molar-refractivity contribution < 1.29 is 0 Å². The van der Waals surface area contributed by atoms with Crippen LogP contribution in [0.4, 0.5) is 0 Å². The third kappa shape index (κ3) is 4.01. The van der Waals surface area contributed by atoms with E-state index in [1.54, 1.807) is 6.20 Å². The first-order valence-corrected chi connectivity index (χ1v) is 10.2. The zero-order valence-corrected chi connectivity index (χ0v) is 17.1. The van der Waals surface area contributed by atoms with Crippen LogP contribution in [0.3, 0.4) is 0 Å². The van der Waals surface area contributed by atoms with E-state index in [9.17, 15) is 0 Å². The van der Waals surface area contributed by atoms with Crippen molar-refractivity contribution in [3.8, 4) is 0 Å². The number of piperidine rings is 1. The Morgan fingerprint density at radius 2 is 1.96 bits per heavy atom. The molecule has 0 aromatic carbocycles. The topological polar surface area (TPSA) is 69.6 Å². The molecule has 0 aliphatic carbocycles. The molecule has 1 saturated heterocycles. The summed E-state index contributed by atoms with van der Waals surface area (Å²) in [6.07, 6.45) is 11.1. The molecule has 3 aromatic rings. The predicted molar refractivity (Wildman–Crippen MR) is 107 cm³/mol. The van der Waals surface area contributed by atoms with Crippen molar-refractivity contribution >= 4 is 0 Å². The first-order valence-electron chi connectivity index (χ1n) is 10.2. The molecule has 1 fully saturated rings. The minimum Gasteiger partial charge on any atom is -0.330 e. The van der Waals surface area contributed by atoms with Gasteiger partial charge < -0.3 is 9.13 Å². The second-order valence-electron chi connectivity index (χ2n) is 7.82. The largest absolute Gasteiger partial charge is 0.330 e. The van der Waals surface area contributed by atoms with Gasteiger partial charge in [-0.05, 0) is 39.3 Å². The lowest BCUT2D eigenvalue weighted by atomic mass is 9.95. The van der Waals surface area contributed by atoms with Gasteiger partial charge in [0.05, 0.1) is 18.6 Å². The van der Waals surface area contributed by atoms with Crippen LogP contribution in [0.1, 0.15) is 55.0 Å². The molecule has 3 aromatic heterocycles. The number of imidazole rings is 1. The molecule has 4 heterocycles. The molecule has 0 unspecified atom stereocenters. The first-order chi connectivity index (χ1) is 13.6. The van der Waals surface area contributed by atoms with Gasteiger partial charge in [-0.2, -0.15) is 5.10 Å². The van der Waals surface area contributed by atoms with Crippen molar-refractivity contribution in [1.82, 2.24) is 39.0 Å². The van der Waals surface area contributed by atoms with Gasteiger partial charge in [0.1, 0.15) is 5.82 Å². The van der Waals surface area contributed by atoms with Crippen LogP contribution < -0.4 is 0 Å². The highest BCUT2D eigenvalue weighted by Crippen LogP contribution is 2.28. The van der Waals surface area contributed by atoms with Gasteiger partial charge in [-0.3, -0.25) is 9.58 Å². The van der Waals surface area contributed by atoms with Gasteiger partial charge in [0.15, 0.2) is 5.82 Å². The number of aryl methyl sites for hydroxylation is 2. The lowest BCUT2D eigenvalue weighted by molar-refractivity contribution is 0.200. The van der Waals surface area contributed by atoms with E-state index in [1.165, 1.54) is 5.56 Å². The maximum absolute atomic E-state index is 4.64. The monoisotopic (exact) mass is 382 g/mol. The van der Waals surface area contributed by atoms with E-state index in [2.05, 4.69) is 61.5 Å². The van der Waals surface area contributed by atoms with Crippen LogP contribution in [0, 0.1) is 6.92 Å². The van der Waals surface area contributed by atoms with E-state index in [0.29, 0.717) is 12.5 Å². The van der Waals surface area contributed by atoms with E-state index < -0.39 is 0 Å². The molecule has 28 heavy (non-hydrogen) atoms. The van der Waals surface area contributed by atoms with Gasteiger partial charge in [-0.1, -0.05) is 6.92 Å². The normalized spacial score (nSPS) is 16.1. The van der Waals surface area contributed by atoms with Crippen molar-refractivity contribution in [3.63, 3.8) is 0 Å². The number of rotatable bonds is 7. The number of nitrogens with zero attached hydrogens (tertiary/aromatic N) is 8. The molecule has 4 rings (SSSR count). The van der Waals surface area contributed by atoms with Gasteiger partial charge >= 0.3 is 0 Å². The zero-order chi connectivity index (χ0) is 19.5. The molecule has 0 saturated carbocycles. The van der Waals surface area contributed by atoms with Crippen molar-refractivity contribution in [3.05, 3.63) is 47.8 Å². The van der Waals surface area contributed by atoms with Gasteiger partial charge in [0.2, 0.25) is 0 Å². The Morgan fingerprint density at radius 3 is 2.68 bits per heavy atom. The lowest BCUT2D eigenvalue weighted by Crippen LogP contribution is -2.33. The number of hydrogen-bond donors (Lipinski definition) is 0. The van der Waals surface area contributed by atoms with Crippen LogP contribution in [0.15, 0.2) is 24.9 Å². The fourth-order valence-corrected chi connectivity index (χ4v) is 4.06. The quantitative estimate of drug-likeness (QED) is 0.627. The smallest absolute Gasteiger partial charge is 0.152 e. The molecule has 0 N–H and O–H groups in total. The molecule has 0 atom stereocenters. The van der Waals surface area contributed by atoms with E-state index >= 15 is 0 Å². The van der Waals surface area contributed by atoms with Gasteiger partial charge in [0, 0.05) is 50.2 Å². The summed E-state index contributed by atoms with van der Waals surface area (Å²) in [5.41, 5.74) is 2.51. The van der Waals surface area contributed by atoms with Crippen molar-refractivity contribution in [2.75, 3.05) is 13.1 Å². The second kappa shape index (κ2) is 8.26. The predicted octanol–water partition coefficient (Wildman–Crippen LogP) is 2.35. The third-order valence-corrected chi connectivity index (χ3v) is 5.73. The molecule has 0 radical (unpaired) electrons. The second-order valence-corrected chi connectivity index (χ2v) is 7.82. The van der Waals surface area contributed by atoms with Crippen molar-refractivity contribution in [2.45, 2.75) is 58.7 Å². The van der Waals surface area contributed by atoms with Crippen molar-refractivity contribution in [2.24, 2.45) is 7.05 Å². The van der Waals surface area contributed by atoms with Gasteiger partial charge in [0.25, 0.3) is 0 Å². The third-order valence-electron chi connectivity index (χ3n) is 5.73. The molecule has 0 amide bonds. The van der Waals surface area contributed by atoms with Gasteiger partial charge in [-0.15, -0.1) is 10.2 Å². The fraction of sp³-hybridized carbons (Fsp3) is 0.600. The molecule has 0 bridgehead atoms. The average molecular weight is 383 g/mol. The Balaban J connectivity index is 1.35. The summed E-state index contributed by atoms with van der Waals surface area (Å²) in [6.45, 7) is 9.19. The summed E-state index contributed by atoms with van der Waals surface area (Å²) >= 11 is 0. The molecule has 1 aliphatic heterocycles. The lowest BCUT2D eigenvalue weighted by Gasteiger charge is -2.31. The van der Waals surface area contributed by atoms with Crippen LogP contribution >= 0.6 is 0 Å². The van der Waals surface area contributed by atoms with Crippen LogP contribution in [0.5, 0.6) is 0 Å². The summed E-state index contributed by atoms with van der Waals surface area (Å²) in [5.74, 6) is 2.57. The van der Waals surface area contributed by atoms with Crippen LogP contribution in [0.2, 0.25) is 0 Å². The van der Waals surface area contributed by atoms with E-state index in [1.807, 2.05) is 17.1 Å². The number of likely N-dealkylation sites (tertiary alicyclic amines) is 1. The molecule has 8 nitrogen and oxygen atoms in total. The maximum Gasteiger partial charge on any atom is 0.152 e. The Bertz CT molecular complexity index is 884. The Morgan fingerprint density at radius 1 is 1.14 bits per heavy atom. The van der Waals surface area contributed by atoms with E-state index in [4.69, 9.17) is 0 Å². The molecule has 8 heteroatoms. The molecular formula is C20H30N8. The van der Waals surface area contributed by atoms with E-state index in [-0.39, 0.29) is 0 Å². The highest BCUT2D eigenvalue weighted by molar-refractivity contribution is 5.15. The SMILES string of the molecule is CCCn1cc(CN2CCC(c3nnc(Cn4ccnc4)n3C)CC2)c(C)n1. The average Bonchev–Trinajstić information content (AvgIpc) is 3.40. The number of aromatic nitrogens is 7. The minimum absolute atomic E-state index is 0.481. The Labute approximate surface area is 166 Å². The summed E-state index contributed by atoms with van der Waals surface area (Å²) < 4.78 is 6.27. The molecule has 1 aliphatic rings. The highest BCUT2D eigenvalue weighted by atomic mass is 15.3. The Kier molecular flexibility index (Phi) is 5.57.